The second-order valence-corrected chi connectivity index (χ2v) is 1.34. The summed E-state index contributed by atoms with van der Waals surface area (Å²) in [5, 5.41) is 8.63. The molecule has 1 rings (SSSR count). The Kier molecular flexibility index (Phi) is 3.34. The van der Waals surface area contributed by atoms with E-state index in [4.69, 9.17) is 5.11 Å². The van der Waals surface area contributed by atoms with E-state index >= 15 is 0 Å². The van der Waals surface area contributed by atoms with E-state index in [-0.39, 0.29) is 17.4 Å². The van der Waals surface area contributed by atoms with Crippen LogP contribution in [0.25, 0.3) is 0 Å². The zero-order valence-corrected chi connectivity index (χ0v) is 5.57. The fourth-order valence-corrected chi connectivity index (χ4v) is 0.428. The number of hydrogen-bond acceptors (Lipinski definition) is 1. The summed E-state index contributed by atoms with van der Waals surface area (Å²) in [5.41, 5.74) is 0. The van der Waals surface area contributed by atoms with E-state index in [9.17, 15) is 0 Å². The highest BCUT2D eigenvalue weighted by molar-refractivity contribution is 5.75. The highest BCUT2D eigenvalue weighted by Gasteiger charge is 1.74. The van der Waals surface area contributed by atoms with Crippen molar-refractivity contribution in [3.05, 3.63) is 30.3 Å². The smallest absolute Gasteiger partial charge is 0.115 e. The second kappa shape index (κ2) is 3.54. The summed E-state index contributed by atoms with van der Waals surface area (Å²) < 4.78 is 0. The minimum absolute atomic E-state index is 0. The molecule has 0 amide bonds. The van der Waals surface area contributed by atoms with E-state index in [0.29, 0.717) is 5.75 Å². The van der Waals surface area contributed by atoms with Crippen molar-refractivity contribution >= 4 is 17.4 Å². The lowest BCUT2D eigenvalue weighted by Gasteiger charge is -1.82. The highest BCUT2D eigenvalue weighted by atomic mass is 27.0. The first-order chi connectivity index (χ1) is 3.39. The van der Waals surface area contributed by atoms with Crippen molar-refractivity contribution in [2.75, 3.05) is 0 Å². The standard InChI is InChI=1S/C6H6O.Al/c7-6-4-2-1-3-5-6;/h1-5,7H;. The molecular weight excluding hydrogens is 115 g/mol. The molecule has 0 heterocycles. The summed E-state index contributed by atoms with van der Waals surface area (Å²) in [5.74, 6) is 0.322. The van der Waals surface area contributed by atoms with Gasteiger partial charge >= 0.3 is 0 Å². The number of benzene rings is 1. The van der Waals surface area contributed by atoms with Crippen LogP contribution in [-0.2, 0) is 0 Å². The molecule has 39 valence electrons. The number of phenolic OH excluding ortho intramolecular Hbond substituents is 1. The first kappa shape index (κ1) is 7.55. The van der Waals surface area contributed by atoms with Gasteiger partial charge in [0.15, 0.2) is 0 Å². The summed E-state index contributed by atoms with van der Waals surface area (Å²) in [6.45, 7) is 0. The minimum Gasteiger partial charge on any atom is -0.508 e. The quantitative estimate of drug-likeness (QED) is 0.508. The van der Waals surface area contributed by atoms with Crippen molar-refractivity contribution in [2.45, 2.75) is 0 Å². The monoisotopic (exact) mass is 121 g/mol. The van der Waals surface area contributed by atoms with Crippen LogP contribution in [0.15, 0.2) is 30.3 Å². The van der Waals surface area contributed by atoms with E-state index < -0.39 is 0 Å². The molecule has 0 saturated carbocycles. The van der Waals surface area contributed by atoms with Crippen molar-refractivity contribution in [1.29, 1.82) is 0 Å². The van der Waals surface area contributed by atoms with Crippen molar-refractivity contribution in [2.24, 2.45) is 0 Å². The Morgan fingerprint density at radius 3 is 1.75 bits per heavy atom. The zero-order chi connectivity index (χ0) is 5.11. The van der Waals surface area contributed by atoms with Gasteiger partial charge in [-0.2, -0.15) is 0 Å². The molecule has 2 heteroatoms. The van der Waals surface area contributed by atoms with Crippen LogP contribution in [-0.4, -0.2) is 22.5 Å². The van der Waals surface area contributed by atoms with Gasteiger partial charge in [0, 0.05) is 17.4 Å². The molecule has 0 aromatic heterocycles. The van der Waals surface area contributed by atoms with Crippen LogP contribution in [0.2, 0.25) is 0 Å². The molecule has 1 aromatic carbocycles. The Bertz CT molecular complexity index is 138. The number of rotatable bonds is 0. The van der Waals surface area contributed by atoms with Crippen molar-refractivity contribution < 1.29 is 5.11 Å². The number of hydrogen-bond donors (Lipinski definition) is 1. The van der Waals surface area contributed by atoms with Crippen LogP contribution in [0, 0.1) is 0 Å². The van der Waals surface area contributed by atoms with Gasteiger partial charge in [-0.1, -0.05) is 18.2 Å². The molecule has 0 bridgehead atoms. The van der Waals surface area contributed by atoms with E-state index in [1.807, 2.05) is 6.07 Å². The molecule has 0 saturated heterocycles. The average Bonchev–Trinajstić information content (AvgIpc) is 1.69. The molecular formula is C6H6AlO. The lowest BCUT2D eigenvalue weighted by molar-refractivity contribution is 0.475. The van der Waals surface area contributed by atoms with Gasteiger partial charge in [0.05, 0.1) is 0 Å². The van der Waals surface area contributed by atoms with Gasteiger partial charge in [-0.3, -0.25) is 0 Å². The van der Waals surface area contributed by atoms with Gasteiger partial charge < -0.3 is 5.11 Å². The zero-order valence-electron chi connectivity index (χ0n) is 4.41. The van der Waals surface area contributed by atoms with Crippen LogP contribution < -0.4 is 0 Å². The van der Waals surface area contributed by atoms with E-state index in [2.05, 4.69) is 0 Å². The molecule has 1 nitrogen and oxygen atoms in total. The molecule has 0 aliphatic rings. The third-order valence-corrected chi connectivity index (χ3v) is 0.756. The van der Waals surface area contributed by atoms with Crippen LogP contribution in [0.1, 0.15) is 0 Å². The summed E-state index contributed by atoms with van der Waals surface area (Å²) in [7, 11) is 0. The fraction of sp³-hybridized carbons (Fsp3) is 0. The minimum atomic E-state index is 0. The Hall–Kier alpha value is -0.448. The first-order valence-corrected chi connectivity index (χ1v) is 2.13. The summed E-state index contributed by atoms with van der Waals surface area (Å²) in [6.07, 6.45) is 0. The highest BCUT2D eigenvalue weighted by Crippen LogP contribution is 2.02. The van der Waals surface area contributed by atoms with Crippen molar-refractivity contribution in [3.8, 4) is 5.75 Å². The van der Waals surface area contributed by atoms with Gasteiger partial charge in [0.1, 0.15) is 5.75 Å². The van der Waals surface area contributed by atoms with E-state index in [1.54, 1.807) is 24.3 Å². The molecule has 0 atom stereocenters. The normalized spacial score (nSPS) is 7.50. The maximum absolute atomic E-state index is 8.63. The predicted octanol–water partition coefficient (Wildman–Crippen LogP) is 1.01. The van der Waals surface area contributed by atoms with Crippen molar-refractivity contribution in [1.82, 2.24) is 0 Å². The molecule has 3 radical (unpaired) electrons. The molecule has 0 aliphatic heterocycles. The van der Waals surface area contributed by atoms with E-state index in [1.165, 1.54) is 0 Å². The SMILES string of the molecule is Oc1ccccc1.[Al]. The maximum Gasteiger partial charge on any atom is 0.115 e. The molecule has 0 aliphatic carbocycles. The first-order valence-electron chi connectivity index (χ1n) is 2.13. The lowest BCUT2D eigenvalue weighted by Crippen LogP contribution is -1.56. The number of para-hydroxylation sites is 1. The van der Waals surface area contributed by atoms with Crippen LogP contribution in [0.3, 0.4) is 0 Å². The van der Waals surface area contributed by atoms with Crippen LogP contribution >= 0.6 is 0 Å². The Labute approximate surface area is 59.1 Å². The molecule has 0 unspecified atom stereocenters. The summed E-state index contributed by atoms with van der Waals surface area (Å²) in [6, 6.07) is 8.71. The Balaban J connectivity index is 0.000000490. The summed E-state index contributed by atoms with van der Waals surface area (Å²) in [4.78, 5) is 0. The maximum atomic E-state index is 8.63. The predicted molar refractivity (Wildman–Crippen MR) is 33.9 cm³/mol. The average molecular weight is 121 g/mol. The lowest BCUT2D eigenvalue weighted by atomic mass is 10.3. The van der Waals surface area contributed by atoms with Gasteiger partial charge in [-0.15, -0.1) is 0 Å². The van der Waals surface area contributed by atoms with Crippen LogP contribution in [0.4, 0.5) is 0 Å². The third-order valence-electron chi connectivity index (χ3n) is 0.756. The molecule has 0 fully saturated rings. The van der Waals surface area contributed by atoms with Gasteiger partial charge in [0.2, 0.25) is 0 Å². The Morgan fingerprint density at radius 1 is 1.00 bits per heavy atom. The Morgan fingerprint density at radius 2 is 1.50 bits per heavy atom. The van der Waals surface area contributed by atoms with Gasteiger partial charge in [-0.05, 0) is 12.1 Å². The van der Waals surface area contributed by atoms with Crippen molar-refractivity contribution in [3.63, 3.8) is 0 Å². The van der Waals surface area contributed by atoms with Gasteiger partial charge in [-0.25, -0.2) is 0 Å². The van der Waals surface area contributed by atoms with Gasteiger partial charge in [0.25, 0.3) is 0 Å². The van der Waals surface area contributed by atoms with Crippen LogP contribution in [0.5, 0.6) is 5.75 Å². The molecule has 1 N–H and O–H groups in total. The third kappa shape index (κ3) is 2.02. The molecule has 8 heavy (non-hydrogen) atoms. The number of aromatic hydroxyl groups is 1. The number of phenols is 1. The van der Waals surface area contributed by atoms with E-state index in [0.717, 1.165) is 0 Å². The fourth-order valence-electron chi connectivity index (χ4n) is 0.428. The largest absolute Gasteiger partial charge is 0.508 e. The summed E-state index contributed by atoms with van der Waals surface area (Å²) >= 11 is 0. The second-order valence-electron chi connectivity index (χ2n) is 1.34. The molecule has 1 aromatic rings. The topological polar surface area (TPSA) is 20.2 Å². The molecule has 0 spiro atoms.